The molecule has 5 nitrogen and oxygen atoms in total. The summed E-state index contributed by atoms with van der Waals surface area (Å²) < 4.78 is 11.9. The molecule has 0 aliphatic rings. The molecule has 170 valence electrons. The van der Waals surface area contributed by atoms with Crippen molar-refractivity contribution in [1.29, 1.82) is 0 Å². The molecule has 0 saturated carbocycles. The minimum Gasteiger partial charge on any atom is -0.489 e. The average molecular weight is 469 g/mol. The Kier molecular flexibility index (Phi) is 5.90. The van der Waals surface area contributed by atoms with Crippen molar-refractivity contribution in [2.24, 2.45) is 0 Å². The van der Waals surface area contributed by atoms with E-state index in [-0.39, 0.29) is 18.3 Å². The number of para-hydroxylation sites is 2. The third-order valence-corrected chi connectivity index (χ3v) is 6.63. The molecule has 2 aromatic heterocycles. The summed E-state index contributed by atoms with van der Waals surface area (Å²) in [6, 6.07) is 21.4. The SMILES string of the molecule is Cc1cc(C)c(-c2csc(NC(=O)c3oc4ccccc4c3COc3ccccc3)n2)cc1C. The Hall–Kier alpha value is -3.90. The van der Waals surface area contributed by atoms with Crippen LogP contribution in [0.15, 0.2) is 76.5 Å². The van der Waals surface area contributed by atoms with Gasteiger partial charge < -0.3 is 9.15 Å². The number of benzene rings is 3. The van der Waals surface area contributed by atoms with Crippen LogP contribution in [0.1, 0.15) is 32.8 Å². The third-order valence-electron chi connectivity index (χ3n) is 5.87. The van der Waals surface area contributed by atoms with Crippen LogP contribution >= 0.6 is 11.3 Å². The molecule has 1 amide bonds. The molecule has 0 aliphatic heterocycles. The quantitative estimate of drug-likeness (QED) is 0.284. The first-order chi connectivity index (χ1) is 16.5. The van der Waals surface area contributed by atoms with Gasteiger partial charge >= 0.3 is 0 Å². The molecule has 0 atom stereocenters. The number of thiazole rings is 1. The summed E-state index contributed by atoms with van der Waals surface area (Å²) in [5, 5.41) is 6.25. The van der Waals surface area contributed by atoms with Crippen molar-refractivity contribution < 1.29 is 13.9 Å². The number of hydrogen-bond acceptors (Lipinski definition) is 5. The summed E-state index contributed by atoms with van der Waals surface area (Å²) in [6.45, 7) is 6.49. The Morgan fingerprint density at radius 2 is 1.71 bits per heavy atom. The molecule has 1 N–H and O–H groups in total. The van der Waals surface area contributed by atoms with E-state index in [1.165, 1.54) is 22.5 Å². The molecule has 5 aromatic rings. The highest BCUT2D eigenvalue weighted by Crippen LogP contribution is 2.31. The number of carbonyl (C=O) groups excluding carboxylic acids is 1. The summed E-state index contributed by atoms with van der Waals surface area (Å²) in [5.74, 6) is 0.615. The second-order valence-corrected chi connectivity index (χ2v) is 9.11. The zero-order valence-corrected chi connectivity index (χ0v) is 20.0. The smallest absolute Gasteiger partial charge is 0.293 e. The van der Waals surface area contributed by atoms with E-state index < -0.39 is 0 Å². The van der Waals surface area contributed by atoms with Crippen molar-refractivity contribution in [3.8, 4) is 17.0 Å². The lowest BCUT2D eigenvalue weighted by molar-refractivity contribution is 0.0995. The van der Waals surface area contributed by atoms with E-state index in [4.69, 9.17) is 9.15 Å². The molecule has 0 fully saturated rings. The van der Waals surface area contributed by atoms with E-state index in [2.05, 4.69) is 43.2 Å². The van der Waals surface area contributed by atoms with E-state index in [1.54, 1.807) is 0 Å². The fourth-order valence-corrected chi connectivity index (χ4v) is 4.65. The fraction of sp³-hybridized carbons (Fsp3) is 0.143. The van der Waals surface area contributed by atoms with Crippen molar-refractivity contribution in [2.75, 3.05) is 5.32 Å². The highest BCUT2D eigenvalue weighted by molar-refractivity contribution is 7.14. The summed E-state index contributed by atoms with van der Waals surface area (Å²) in [4.78, 5) is 17.9. The van der Waals surface area contributed by atoms with Crippen LogP contribution in [0.2, 0.25) is 0 Å². The highest BCUT2D eigenvalue weighted by Gasteiger charge is 2.22. The second-order valence-electron chi connectivity index (χ2n) is 8.25. The number of carbonyl (C=O) groups is 1. The first-order valence-corrected chi connectivity index (χ1v) is 11.9. The van der Waals surface area contributed by atoms with Gasteiger partial charge in [-0.3, -0.25) is 10.1 Å². The summed E-state index contributed by atoms with van der Waals surface area (Å²) in [7, 11) is 0. The van der Waals surface area contributed by atoms with Crippen LogP contribution in [-0.4, -0.2) is 10.9 Å². The zero-order valence-electron chi connectivity index (χ0n) is 19.2. The Balaban J connectivity index is 1.42. The number of furan rings is 1. The number of nitrogens with zero attached hydrogens (tertiary/aromatic N) is 1. The molecule has 2 heterocycles. The third kappa shape index (κ3) is 4.32. The number of anilines is 1. The van der Waals surface area contributed by atoms with Crippen LogP contribution in [0.4, 0.5) is 5.13 Å². The maximum atomic E-state index is 13.2. The van der Waals surface area contributed by atoms with E-state index in [0.29, 0.717) is 16.3 Å². The van der Waals surface area contributed by atoms with Gasteiger partial charge in [-0.05, 0) is 61.7 Å². The van der Waals surface area contributed by atoms with Gasteiger partial charge in [0.25, 0.3) is 5.91 Å². The Morgan fingerprint density at radius 3 is 2.53 bits per heavy atom. The van der Waals surface area contributed by atoms with Crippen molar-refractivity contribution in [3.05, 3.63) is 100 Å². The van der Waals surface area contributed by atoms with Gasteiger partial charge in [-0.25, -0.2) is 4.98 Å². The molecule has 0 bridgehead atoms. The van der Waals surface area contributed by atoms with Gasteiger partial charge in [0, 0.05) is 21.9 Å². The molecular formula is C28H24N2O3S. The molecule has 0 aliphatic carbocycles. The monoisotopic (exact) mass is 468 g/mol. The predicted octanol–water partition coefficient (Wildman–Crippen LogP) is 7.31. The van der Waals surface area contributed by atoms with Gasteiger partial charge in [-0.15, -0.1) is 11.3 Å². The van der Waals surface area contributed by atoms with Crippen molar-refractivity contribution in [2.45, 2.75) is 27.4 Å². The molecule has 5 rings (SSSR count). The molecule has 0 saturated heterocycles. The number of fused-ring (bicyclic) bond motifs is 1. The van der Waals surface area contributed by atoms with E-state index in [9.17, 15) is 4.79 Å². The van der Waals surface area contributed by atoms with Gasteiger partial charge in [-0.2, -0.15) is 0 Å². The number of aromatic nitrogens is 1. The van der Waals surface area contributed by atoms with Gasteiger partial charge in [0.2, 0.25) is 0 Å². The zero-order chi connectivity index (χ0) is 23.7. The number of rotatable bonds is 6. The number of hydrogen-bond donors (Lipinski definition) is 1. The molecule has 34 heavy (non-hydrogen) atoms. The fourth-order valence-electron chi connectivity index (χ4n) is 3.94. The average Bonchev–Trinajstić information content (AvgIpc) is 3.45. The molecule has 0 spiro atoms. The molecule has 0 radical (unpaired) electrons. The van der Waals surface area contributed by atoms with Crippen LogP contribution in [0.3, 0.4) is 0 Å². The van der Waals surface area contributed by atoms with Crippen LogP contribution in [0, 0.1) is 20.8 Å². The lowest BCUT2D eigenvalue weighted by Gasteiger charge is -2.08. The highest BCUT2D eigenvalue weighted by atomic mass is 32.1. The van der Waals surface area contributed by atoms with Gasteiger partial charge in [0.15, 0.2) is 10.9 Å². The second kappa shape index (κ2) is 9.15. The molecule has 3 aromatic carbocycles. The normalized spacial score (nSPS) is 11.0. The Bertz CT molecular complexity index is 1480. The summed E-state index contributed by atoms with van der Waals surface area (Å²) in [5.41, 5.74) is 6.89. The van der Waals surface area contributed by atoms with Crippen molar-refractivity contribution >= 4 is 33.3 Å². The molecule has 6 heteroatoms. The maximum absolute atomic E-state index is 13.2. The standard InChI is InChI=1S/C28H24N2O3S/c1-17-13-19(3)22(14-18(17)2)24-16-34-28(29-24)30-27(31)26-23(15-32-20-9-5-4-6-10-20)21-11-7-8-12-25(21)33-26/h4-14,16H,15H2,1-3H3,(H,29,30,31). The van der Waals surface area contributed by atoms with E-state index in [0.717, 1.165) is 28.0 Å². The lowest BCUT2D eigenvalue weighted by Crippen LogP contribution is -2.13. The Labute approximate surface area is 202 Å². The van der Waals surface area contributed by atoms with Crippen LogP contribution in [0.25, 0.3) is 22.2 Å². The maximum Gasteiger partial charge on any atom is 0.293 e. The van der Waals surface area contributed by atoms with E-state index >= 15 is 0 Å². The van der Waals surface area contributed by atoms with Gasteiger partial charge in [0.05, 0.1) is 5.69 Å². The molecule has 0 unspecified atom stereocenters. The lowest BCUT2D eigenvalue weighted by atomic mass is 9.99. The van der Waals surface area contributed by atoms with Crippen molar-refractivity contribution in [1.82, 2.24) is 4.98 Å². The first-order valence-electron chi connectivity index (χ1n) is 11.0. The van der Waals surface area contributed by atoms with Crippen LogP contribution in [-0.2, 0) is 6.61 Å². The van der Waals surface area contributed by atoms with E-state index in [1.807, 2.05) is 60.0 Å². The number of aryl methyl sites for hydroxylation is 3. The van der Waals surface area contributed by atoms with Gasteiger partial charge in [0.1, 0.15) is 17.9 Å². The largest absolute Gasteiger partial charge is 0.489 e. The number of amides is 1. The van der Waals surface area contributed by atoms with Gasteiger partial charge in [-0.1, -0.05) is 42.5 Å². The molecular weight excluding hydrogens is 444 g/mol. The predicted molar refractivity (Wildman–Crippen MR) is 137 cm³/mol. The number of ether oxygens (including phenoxy) is 1. The topological polar surface area (TPSA) is 64.4 Å². The van der Waals surface area contributed by atoms with Crippen molar-refractivity contribution in [3.63, 3.8) is 0 Å². The minimum absolute atomic E-state index is 0.217. The van der Waals surface area contributed by atoms with Crippen LogP contribution < -0.4 is 10.1 Å². The summed E-state index contributed by atoms with van der Waals surface area (Å²) in [6.07, 6.45) is 0. The minimum atomic E-state index is -0.347. The Morgan fingerprint density at radius 1 is 0.971 bits per heavy atom. The number of nitrogens with one attached hydrogen (secondary N) is 1. The first kappa shape index (κ1) is 21.9. The summed E-state index contributed by atoms with van der Waals surface area (Å²) >= 11 is 1.39. The van der Waals surface area contributed by atoms with Crippen LogP contribution in [0.5, 0.6) is 5.75 Å².